The van der Waals surface area contributed by atoms with E-state index in [4.69, 9.17) is 9.47 Å². The first-order valence-corrected chi connectivity index (χ1v) is 7.50. The normalized spacial score (nSPS) is 17.8. The number of ketones is 1. The first-order chi connectivity index (χ1) is 10.2. The summed E-state index contributed by atoms with van der Waals surface area (Å²) in [6.45, 7) is 3.64. The van der Waals surface area contributed by atoms with Gasteiger partial charge < -0.3 is 9.47 Å². The van der Waals surface area contributed by atoms with Crippen LogP contribution in [0.1, 0.15) is 30.1 Å². The minimum Gasteiger partial charge on any atom is -0.381 e. The quantitative estimate of drug-likeness (QED) is 0.805. The molecule has 1 fully saturated rings. The van der Waals surface area contributed by atoms with E-state index in [2.05, 4.69) is 6.07 Å². The van der Waals surface area contributed by atoms with Crippen molar-refractivity contribution in [2.75, 3.05) is 19.8 Å². The van der Waals surface area contributed by atoms with Gasteiger partial charge in [-0.3, -0.25) is 4.79 Å². The van der Waals surface area contributed by atoms with Gasteiger partial charge in [0.25, 0.3) is 0 Å². The second-order valence-corrected chi connectivity index (χ2v) is 5.43. The maximum atomic E-state index is 13.0. The van der Waals surface area contributed by atoms with E-state index in [0.717, 1.165) is 16.3 Å². The van der Waals surface area contributed by atoms with Crippen molar-refractivity contribution in [1.29, 1.82) is 0 Å². The number of hydrogen-bond acceptors (Lipinski definition) is 3. The molecular formula is C18H20O3. The van der Waals surface area contributed by atoms with E-state index in [1.807, 2.05) is 43.3 Å². The fourth-order valence-electron chi connectivity index (χ4n) is 3.01. The Morgan fingerprint density at radius 3 is 2.57 bits per heavy atom. The Morgan fingerprint density at radius 2 is 1.86 bits per heavy atom. The summed E-state index contributed by atoms with van der Waals surface area (Å²) in [5, 5.41) is 2.23. The van der Waals surface area contributed by atoms with E-state index in [0.29, 0.717) is 32.7 Å². The summed E-state index contributed by atoms with van der Waals surface area (Å²) in [6.07, 6.45) is 1.26. The van der Waals surface area contributed by atoms with Crippen LogP contribution in [-0.2, 0) is 9.47 Å². The average molecular weight is 284 g/mol. The van der Waals surface area contributed by atoms with Gasteiger partial charge in [0.1, 0.15) is 5.60 Å². The van der Waals surface area contributed by atoms with Crippen LogP contribution < -0.4 is 0 Å². The van der Waals surface area contributed by atoms with Gasteiger partial charge in [0.15, 0.2) is 5.78 Å². The lowest BCUT2D eigenvalue weighted by atomic mass is 9.85. The minimum atomic E-state index is -0.713. The van der Waals surface area contributed by atoms with Crippen LogP contribution in [0.25, 0.3) is 10.8 Å². The number of rotatable bonds is 4. The summed E-state index contributed by atoms with van der Waals surface area (Å²) in [4.78, 5) is 13.0. The van der Waals surface area contributed by atoms with Crippen molar-refractivity contribution >= 4 is 16.6 Å². The van der Waals surface area contributed by atoms with E-state index >= 15 is 0 Å². The Hall–Kier alpha value is -1.71. The van der Waals surface area contributed by atoms with Gasteiger partial charge in [-0.25, -0.2) is 0 Å². The Kier molecular flexibility index (Phi) is 4.04. The minimum absolute atomic E-state index is 0.0819. The lowest BCUT2D eigenvalue weighted by Crippen LogP contribution is -2.46. The third-order valence-corrected chi connectivity index (χ3v) is 4.15. The van der Waals surface area contributed by atoms with Crippen molar-refractivity contribution in [3.8, 4) is 0 Å². The number of ether oxygens (including phenoxy) is 2. The Balaban J connectivity index is 1.97. The molecule has 0 bridgehead atoms. The molecule has 2 aromatic rings. The van der Waals surface area contributed by atoms with Crippen LogP contribution in [0.2, 0.25) is 0 Å². The molecule has 3 nitrogen and oxygen atoms in total. The Labute approximate surface area is 124 Å². The SMILES string of the molecule is CCOC1(C(=O)c2ccc3ccccc3c2)CCOCC1. The molecule has 3 rings (SSSR count). The van der Waals surface area contributed by atoms with Gasteiger partial charge in [0.05, 0.1) is 0 Å². The largest absolute Gasteiger partial charge is 0.381 e. The highest BCUT2D eigenvalue weighted by Crippen LogP contribution is 2.30. The van der Waals surface area contributed by atoms with E-state index in [9.17, 15) is 4.79 Å². The van der Waals surface area contributed by atoms with Crippen molar-refractivity contribution in [3.05, 3.63) is 48.0 Å². The van der Waals surface area contributed by atoms with Crippen LogP contribution in [-0.4, -0.2) is 31.2 Å². The highest BCUT2D eigenvalue weighted by Gasteiger charge is 2.41. The van der Waals surface area contributed by atoms with Gasteiger partial charge in [0, 0.05) is 38.2 Å². The topological polar surface area (TPSA) is 35.5 Å². The van der Waals surface area contributed by atoms with Crippen LogP contribution in [0.5, 0.6) is 0 Å². The highest BCUT2D eigenvalue weighted by atomic mass is 16.5. The lowest BCUT2D eigenvalue weighted by Gasteiger charge is -2.35. The number of Topliss-reactive ketones (excluding diaryl/α,β-unsaturated/α-hetero) is 1. The van der Waals surface area contributed by atoms with Gasteiger partial charge in [-0.2, -0.15) is 0 Å². The van der Waals surface area contributed by atoms with Crippen molar-refractivity contribution in [2.24, 2.45) is 0 Å². The molecule has 2 aromatic carbocycles. The molecule has 1 heterocycles. The molecule has 1 saturated heterocycles. The Morgan fingerprint density at radius 1 is 1.14 bits per heavy atom. The molecule has 0 spiro atoms. The second kappa shape index (κ2) is 5.96. The molecule has 21 heavy (non-hydrogen) atoms. The molecule has 0 N–H and O–H groups in total. The first kappa shape index (κ1) is 14.2. The lowest BCUT2D eigenvalue weighted by molar-refractivity contribution is -0.0822. The van der Waals surface area contributed by atoms with Gasteiger partial charge in [0.2, 0.25) is 0 Å². The maximum Gasteiger partial charge on any atom is 0.194 e. The molecule has 110 valence electrons. The van der Waals surface area contributed by atoms with Crippen LogP contribution in [0.4, 0.5) is 0 Å². The first-order valence-electron chi connectivity index (χ1n) is 7.50. The van der Waals surface area contributed by atoms with E-state index in [1.54, 1.807) is 0 Å². The summed E-state index contributed by atoms with van der Waals surface area (Å²) in [5.74, 6) is 0.0819. The number of fused-ring (bicyclic) bond motifs is 1. The smallest absolute Gasteiger partial charge is 0.194 e. The third kappa shape index (κ3) is 2.71. The van der Waals surface area contributed by atoms with E-state index in [1.165, 1.54) is 0 Å². The molecule has 0 atom stereocenters. The van der Waals surface area contributed by atoms with Gasteiger partial charge >= 0.3 is 0 Å². The molecule has 1 aliphatic heterocycles. The number of carbonyl (C=O) groups is 1. The molecule has 0 amide bonds. The molecule has 0 saturated carbocycles. The zero-order chi connectivity index (χ0) is 14.7. The van der Waals surface area contributed by atoms with Crippen LogP contribution in [0.3, 0.4) is 0 Å². The Bertz CT molecular complexity index is 636. The summed E-state index contributed by atoms with van der Waals surface area (Å²) in [7, 11) is 0. The summed E-state index contributed by atoms with van der Waals surface area (Å²) in [6, 6.07) is 13.9. The number of carbonyl (C=O) groups excluding carboxylic acids is 1. The second-order valence-electron chi connectivity index (χ2n) is 5.43. The summed E-state index contributed by atoms with van der Waals surface area (Å²) in [5.41, 5.74) is 0.0131. The molecule has 0 aromatic heterocycles. The zero-order valence-corrected chi connectivity index (χ0v) is 12.3. The predicted molar refractivity (Wildman–Crippen MR) is 82.7 cm³/mol. The fraction of sp³-hybridized carbons (Fsp3) is 0.389. The standard InChI is InChI=1S/C18H20O3/c1-2-21-18(9-11-20-12-10-18)17(19)16-8-7-14-5-3-4-6-15(14)13-16/h3-8,13H,2,9-12H2,1H3. The molecule has 0 radical (unpaired) electrons. The molecule has 3 heteroatoms. The van der Waals surface area contributed by atoms with Crippen LogP contribution in [0, 0.1) is 0 Å². The van der Waals surface area contributed by atoms with Crippen molar-refractivity contribution in [3.63, 3.8) is 0 Å². The maximum absolute atomic E-state index is 13.0. The van der Waals surface area contributed by atoms with Crippen molar-refractivity contribution < 1.29 is 14.3 Å². The monoisotopic (exact) mass is 284 g/mol. The van der Waals surface area contributed by atoms with Gasteiger partial charge in [-0.05, 0) is 23.8 Å². The fourth-order valence-corrected chi connectivity index (χ4v) is 3.01. The van der Waals surface area contributed by atoms with Gasteiger partial charge in [-0.15, -0.1) is 0 Å². The summed E-state index contributed by atoms with van der Waals surface area (Å²) >= 11 is 0. The predicted octanol–water partition coefficient (Wildman–Crippen LogP) is 3.61. The molecule has 0 unspecified atom stereocenters. The average Bonchev–Trinajstić information content (AvgIpc) is 2.55. The van der Waals surface area contributed by atoms with Crippen LogP contribution in [0.15, 0.2) is 42.5 Å². The van der Waals surface area contributed by atoms with Gasteiger partial charge in [-0.1, -0.05) is 36.4 Å². The molecular weight excluding hydrogens is 264 g/mol. The van der Waals surface area contributed by atoms with Crippen LogP contribution >= 0.6 is 0 Å². The van der Waals surface area contributed by atoms with Crippen molar-refractivity contribution in [2.45, 2.75) is 25.4 Å². The highest BCUT2D eigenvalue weighted by molar-refractivity contribution is 6.05. The van der Waals surface area contributed by atoms with E-state index < -0.39 is 5.60 Å². The summed E-state index contributed by atoms with van der Waals surface area (Å²) < 4.78 is 11.3. The van der Waals surface area contributed by atoms with Crippen molar-refractivity contribution in [1.82, 2.24) is 0 Å². The van der Waals surface area contributed by atoms with E-state index in [-0.39, 0.29) is 5.78 Å². The third-order valence-electron chi connectivity index (χ3n) is 4.15. The molecule has 1 aliphatic rings. The zero-order valence-electron chi connectivity index (χ0n) is 12.3. The number of hydrogen-bond donors (Lipinski definition) is 0. The molecule has 0 aliphatic carbocycles. The number of benzene rings is 2.